The van der Waals surface area contributed by atoms with Gasteiger partial charge >= 0.3 is 6.03 Å². The highest BCUT2D eigenvalue weighted by molar-refractivity contribution is 7.11. The Morgan fingerprint density at radius 1 is 1.33 bits per heavy atom. The predicted molar refractivity (Wildman–Crippen MR) is 104 cm³/mol. The number of carbonyl (C=O) groups is 1. The number of amides is 2. The van der Waals surface area contributed by atoms with Gasteiger partial charge in [-0.25, -0.2) is 4.79 Å². The summed E-state index contributed by atoms with van der Waals surface area (Å²) in [6.07, 6.45) is 2.97. The number of anilines is 1. The number of nitrogens with one attached hydrogen (secondary N) is 1. The van der Waals surface area contributed by atoms with E-state index >= 15 is 0 Å². The van der Waals surface area contributed by atoms with Crippen LogP contribution in [0.5, 0.6) is 11.5 Å². The van der Waals surface area contributed by atoms with E-state index in [0.29, 0.717) is 29.6 Å². The van der Waals surface area contributed by atoms with Gasteiger partial charge in [0.2, 0.25) is 6.79 Å². The van der Waals surface area contributed by atoms with Crippen molar-refractivity contribution in [2.45, 2.75) is 39.0 Å². The number of piperidine rings is 1. The summed E-state index contributed by atoms with van der Waals surface area (Å²) in [5.41, 5.74) is 0.710. The fraction of sp³-hybridized carbons (Fsp3) is 0.526. The summed E-state index contributed by atoms with van der Waals surface area (Å²) in [5.74, 6) is 2.20. The summed E-state index contributed by atoms with van der Waals surface area (Å²) in [5, 5.41) is 13.8. The molecule has 8 heteroatoms. The fourth-order valence-electron chi connectivity index (χ4n) is 3.40. The van der Waals surface area contributed by atoms with E-state index in [9.17, 15) is 4.79 Å². The number of hydrogen-bond donors (Lipinski definition) is 1. The van der Waals surface area contributed by atoms with Crippen molar-refractivity contribution in [1.82, 2.24) is 15.1 Å². The molecule has 0 aliphatic carbocycles. The van der Waals surface area contributed by atoms with Crippen molar-refractivity contribution in [2.24, 2.45) is 5.92 Å². The highest BCUT2D eigenvalue weighted by Gasteiger charge is 2.27. The average molecular weight is 388 g/mol. The summed E-state index contributed by atoms with van der Waals surface area (Å²) >= 11 is 1.69. The molecule has 2 aliphatic rings. The van der Waals surface area contributed by atoms with Crippen molar-refractivity contribution in [2.75, 3.05) is 25.2 Å². The first-order chi connectivity index (χ1) is 13.1. The maximum Gasteiger partial charge on any atom is 0.321 e. The summed E-state index contributed by atoms with van der Waals surface area (Å²) < 4.78 is 10.7. The minimum Gasteiger partial charge on any atom is -0.454 e. The number of carbonyl (C=O) groups excluding carboxylic acids is 1. The lowest BCUT2D eigenvalue weighted by Gasteiger charge is -2.31. The zero-order valence-corrected chi connectivity index (χ0v) is 16.4. The second kappa shape index (κ2) is 7.72. The minimum atomic E-state index is -0.0921. The Balaban J connectivity index is 1.39. The second-order valence-corrected chi connectivity index (χ2v) is 8.51. The number of benzene rings is 1. The van der Waals surface area contributed by atoms with E-state index in [4.69, 9.17) is 9.47 Å². The maximum absolute atomic E-state index is 12.7. The molecule has 4 rings (SSSR count). The third-order valence-electron chi connectivity index (χ3n) is 4.75. The van der Waals surface area contributed by atoms with Crippen LogP contribution in [-0.2, 0) is 6.42 Å². The van der Waals surface area contributed by atoms with Gasteiger partial charge in [0.1, 0.15) is 10.0 Å². The lowest BCUT2D eigenvalue weighted by Crippen LogP contribution is -2.41. The summed E-state index contributed by atoms with van der Waals surface area (Å²) in [6, 6.07) is 5.35. The molecule has 1 N–H and O–H groups in total. The van der Waals surface area contributed by atoms with Gasteiger partial charge in [-0.2, -0.15) is 0 Å². The van der Waals surface area contributed by atoms with Gasteiger partial charge in [0, 0.05) is 37.2 Å². The fourth-order valence-corrected chi connectivity index (χ4v) is 4.58. The molecule has 1 atom stereocenters. The van der Waals surface area contributed by atoms with Crippen molar-refractivity contribution in [3.63, 3.8) is 0 Å². The molecule has 2 aliphatic heterocycles. The molecule has 3 heterocycles. The first-order valence-corrected chi connectivity index (χ1v) is 10.2. The molecule has 0 radical (unpaired) electrons. The van der Waals surface area contributed by atoms with E-state index < -0.39 is 0 Å². The Hall–Kier alpha value is -2.35. The largest absolute Gasteiger partial charge is 0.454 e. The van der Waals surface area contributed by atoms with Gasteiger partial charge in [-0.3, -0.25) is 0 Å². The van der Waals surface area contributed by atoms with Gasteiger partial charge in [0.15, 0.2) is 11.5 Å². The second-order valence-electron chi connectivity index (χ2n) is 7.42. The van der Waals surface area contributed by atoms with Crippen LogP contribution in [0.3, 0.4) is 0 Å². The van der Waals surface area contributed by atoms with E-state index in [-0.39, 0.29) is 18.7 Å². The molecule has 7 nitrogen and oxygen atoms in total. The van der Waals surface area contributed by atoms with E-state index in [1.165, 1.54) is 0 Å². The van der Waals surface area contributed by atoms with Crippen LogP contribution in [0.4, 0.5) is 10.5 Å². The minimum absolute atomic E-state index is 0.0921. The van der Waals surface area contributed by atoms with Gasteiger partial charge in [-0.1, -0.05) is 13.8 Å². The number of ether oxygens (including phenoxy) is 2. The third-order valence-corrected chi connectivity index (χ3v) is 5.86. The summed E-state index contributed by atoms with van der Waals surface area (Å²) in [4.78, 5) is 14.6. The number of hydrogen-bond acceptors (Lipinski definition) is 6. The van der Waals surface area contributed by atoms with Crippen molar-refractivity contribution >= 4 is 23.1 Å². The zero-order chi connectivity index (χ0) is 18.8. The van der Waals surface area contributed by atoms with E-state index in [2.05, 4.69) is 29.4 Å². The first-order valence-electron chi connectivity index (χ1n) is 9.36. The Labute approximate surface area is 162 Å². The zero-order valence-electron chi connectivity index (χ0n) is 15.6. The first kappa shape index (κ1) is 18.0. The highest BCUT2D eigenvalue weighted by Crippen LogP contribution is 2.35. The van der Waals surface area contributed by atoms with Crippen LogP contribution in [0, 0.1) is 5.92 Å². The lowest BCUT2D eigenvalue weighted by molar-refractivity contribution is 0.174. The average Bonchev–Trinajstić information content (AvgIpc) is 3.30. The molecule has 2 amide bonds. The Morgan fingerprint density at radius 3 is 3.04 bits per heavy atom. The molecule has 1 saturated heterocycles. The quantitative estimate of drug-likeness (QED) is 0.860. The molecule has 1 aromatic heterocycles. The standard InChI is InChI=1S/C19H24N4O3S/c1-12(2)8-17-21-22-18(27-17)13-4-3-7-23(10-13)19(24)20-14-5-6-15-16(9-14)26-11-25-15/h5-6,9,12-13H,3-4,7-8,10-11H2,1-2H3,(H,20,24). The molecule has 2 aromatic rings. The third kappa shape index (κ3) is 4.16. The van der Waals surface area contributed by atoms with Crippen molar-refractivity contribution in [3.05, 3.63) is 28.2 Å². The molecule has 0 saturated carbocycles. The summed E-state index contributed by atoms with van der Waals surface area (Å²) in [7, 11) is 0. The smallest absolute Gasteiger partial charge is 0.321 e. The molecule has 27 heavy (non-hydrogen) atoms. The van der Waals surface area contributed by atoms with Crippen LogP contribution < -0.4 is 14.8 Å². The number of nitrogens with zero attached hydrogens (tertiary/aromatic N) is 3. The highest BCUT2D eigenvalue weighted by atomic mass is 32.1. The number of urea groups is 1. The molecular formula is C19H24N4O3S. The van der Waals surface area contributed by atoms with E-state index in [0.717, 1.165) is 35.8 Å². The van der Waals surface area contributed by atoms with Gasteiger partial charge in [0.25, 0.3) is 0 Å². The lowest BCUT2D eigenvalue weighted by atomic mass is 9.99. The normalized spacial score (nSPS) is 18.8. The van der Waals surface area contributed by atoms with Crippen molar-refractivity contribution < 1.29 is 14.3 Å². The van der Waals surface area contributed by atoms with E-state index in [1.807, 2.05) is 17.0 Å². The molecule has 1 fully saturated rings. The number of likely N-dealkylation sites (tertiary alicyclic amines) is 1. The number of rotatable bonds is 4. The van der Waals surface area contributed by atoms with Gasteiger partial charge < -0.3 is 19.7 Å². The van der Waals surface area contributed by atoms with Gasteiger partial charge in [-0.15, -0.1) is 21.5 Å². The molecule has 0 spiro atoms. The van der Waals surface area contributed by atoms with Crippen LogP contribution in [0.2, 0.25) is 0 Å². The molecular weight excluding hydrogens is 364 g/mol. The Bertz CT molecular complexity index is 823. The monoisotopic (exact) mass is 388 g/mol. The predicted octanol–water partition coefficient (Wildman–Crippen LogP) is 3.88. The molecule has 144 valence electrons. The van der Waals surface area contributed by atoms with Crippen LogP contribution in [-0.4, -0.2) is 41.0 Å². The number of fused-ring (bicyclic) bond motifs is 1. The Kier molecular flexibility index (Phi) is 5.15. The van der Waals surface area contributed by atoms with E-state index in [1.54, 1.807) is 17.4 Å². The van der Waals surface area contributed by atoms with Crippen LogP contribution in [0.1, 0.15) is 42.6 Å². The van der Waals surface area contributed by atoms with Crippen LogP contribution >= 0.6 is 11.3 Å². The summed E-state index contributed by atoms with van der Waals surface area (Å²) in [6.45, 7) is 6.02. The topological polar surface area (TPSA) is 76.6 Å². The maximum atomic E-state index is 12.7. The number of aromatic nitrogens is 2. The van der Waals surface area contributed by atoms with Crippen molar-refractivity contribution in [3.8, 4) is 11.5 Å². The van der Waals surface area contributed by atoms with Crippen LogP contribution in [0.25, 0.3) is 0 Å². The Morgan fingerprint density at radius 2 is 2.19 bits per heavy atom. The van der Waals surface area contributed by atoms with Crippen LogP contribution in [0.15, 0.2) is 18.2 Å². The molecule has 0 bridgehead atoms. The van der Waals surface area contributed by atoms with Gasteiger partial charge in [-0.05, 0) is 30.9 Å². The molecule has 1 aromatic carbocycles. The SMILES string of the molecule is CC(C)Cc1nnc(C2CCCN(C(=O)Nc3ccc4c(c3)OCO4)C2)s1. The van der Waals surface area contributed by atoms with Crippen molar-refractivity contribution in [1.29, 1.82) is 0 Å². The molecule has 1 unspecified atom stereocenters. The van der Waals surface area contributed by atoms with Gasteiger partial charge in [0.05, 0.1) is 0 Å².